The number of hydrogen-bond donors (Lipinski definition) is 3. The van der Waals surface area contributed by atoms with Crippen molar-refractivity contribution >= 4 is 33.6 Å². The van der Waals surface area contributed by atoms with Gasteiger partial charge in [0.25, 0.3) is 0 Å². The second kappa shape index (κ2) is 12.3. The van der Waals surface area contributed by atoms with Gasteiger partial charge in [0.1, 0.15) is 11.9 Å². The van der Waals surface area contributed by atoms with Crippen LogP contribution in [0.4, 0.5) is 24.9 Å². The molecule has 10 nitrogen and oxygen atoms in total. The molecule has 3 aromatic rings. The van der Waals surface area contributed by atoms with Crippen molar-refractivity contribution in [2.45, 2.75) is 49.4 Å². The Kier molecular flexibility index (Phi) is 8.82. The van der Waals surface area contributed by atoms with E-state index in [0.717, 1.165) is 6.26 Å². The molecule has 2 fully saturated rings. The van der Waals surface area contributed by atoms with E-state index in [1.54, 1.807) is 31.2 Å². The second-order valence-corrected chi connectivity index (χ2v) is 13.6. The first-order valence-electron chi connectivity index (χ1n) is 14.3. The van der Waals surface area contributed by atoms with Crippen LogP contribution in [-0.4, -0.2) is 67.6 Å². The number of piperidine rings is 1. The van der Waals surface area contributed by atoms with Crippen LogP contribution in [0.2, 0.25) is 0 Å². The lowest BCUT2D eigenvalue weighted by Crippen LogP contribution is -2.41. The lowest BCUT2D eigenvalue weighted by Gasteiger charge is -2.39. The van der Waals surface area contributed by atoms with Gasteiger partial charge in [0.15, 0.2) is 9.84 Å². The van der Waals surface area contributed by atoms with Gasteiger partial charge in [0, 0.05) is 37.5 Å². The van der Waals surface area contributed by atoms with Crippen molar-refractivity contribution in [2.24, 2.45) is 5.41 Å². The summed E-state index contributed by atoms with van der Waals surface area (Å²) in [5.41, 5.74) is 6.56. The smallest absolute Gasteiger partial charge is 0.429 e. The molecule has 0 saturated carbocycles. The van der Waals surface area contributed by atoms with Gasteiger partial charge in [-0.2, -0.15) is 23.1 Å². The largest absolute Gasteiger partial charge is 0.480 e. The van der Waals surface area contributed by atoms with Crippen LogP contribution in [0.1, 0.15) is 43.4 Å². The number of halogens is 3. The normalized spacial score (nSPS) is 19.2. The molecule has 2 saturated heterocycles. The van der Waals surface area contributed by atoms with Gasteiger partial charge in [0.2, 0.25) is 17.9 Å². The van der Waals surface area contributed by atoms with E-state index in [-0.39, 0.29) is 38.8 Å². The topological polar surface area (TPSA) is 148 Å². The Morgan fingerprint density at radius 2 is 1.91 bits per heavy atom. The Morgan fingerprint density at radius 1 is 1.18 bits per heavy atom. The fourth-order valence-corrected chi connectivity index (χ4v) is 6.67. The van der Waals surface area contributed by atoms with Crippen LogP contribution in [0.3, 0.4) is 0 Å². The van der Waals surface area contributed by atoms with Crippen LogP contribution in [0.25, 0.3) is 17.2 Å². The fourth-order valence-electron chi connectivity index (χ4n) is 6.01. The number of sulfone groups is 1. The average molecular weight is 646 g/mol. The molecule has 4 N–H and O–H groups in total. The minimum absolute atomic E-state index is 0.0322. The SMILES string of the molecule is CC=Cc1ccc(C(Oc2cc(N3CCC4(CC3)CNC(C(=O)O)C4)nc(N)n2)C(F)(F)F)c(-c2cccc(S(C)(=O)=O)c2)c1. The van der Waals surface area contributed by atoms with Crippen LogP contribution in [0, 0.1) is 5.41 Å². The Bertz CT molecular complexity index is 1720. The number of nitrogens with two attached hydrogens (primary N) is 1. The van der Waals surface area contributed by atoms with Gasteiger partial charge >= 0.3 is 12.1 Å². The molecule has 14 heteroatoms. The Labute approximate surface area is 259 Å². The summed E-state index contributed by atoms with van der Waals surface area (Å²) in [7, 11) is -3.63. The van der Waals surface area contributed by atoms with Gasteiger partial charge in [-0.3, -0.25) is 4.79 Å². The number of alkyl halides is 3. The Morgan fingerprint density at radius 3 is 2.53 bits per heavy atom. The molecule has 45 heavy (non-hydrogen) atoms. The van der Waals surface area contributed by atoms with Gasteiger partial charge in [-0.15, -0.1) is 0 Å². The summed E-state index contributed by atoms with van der Waals surface area (Å²) in [5, 5.41) is 12.4. The standard InChI is InChI=1S/C31H34F3N5O5S/c1-3-5-19-8-9-22(23(14-19)20-6-4-7-21(15-20)45(2,42)43)27(31(32,33)34)44-26-16-25(37-29(35)38-26)39-12-10-30(11-13-39)17-24(28(40)41)36-18-30/h3-9,14-16,24,27,36H,10-13,17-18H2,1-2H3,(H,40,41)(H2,35,37,38). The number of aliphatic carboxylic acids is 1. The summed E-state index contributed by atoms with van der Waals surface area (Å²) in [6, 6.07) is 10.8. The number of anilines is 2. The number of carboxylic acids is 1. The molecule has 2 aliphatic rings. The van der Waals surface area contributed by atoms with Crippen LogP contribution in [0.5, 0.6) is 5.88 Å². The van der Waals surface area contributed by atoms with E-state index >= 15 is 0 Å². The lowest BCUT2D eigenvalue weighted by atomic mass is 9.76. The second-order valence-electron chi connectivity index (χ2n) is 11.6. The first-order chi connectivity index (χ1) is 21.2. The number of allylic oxidation sites excluding steroid dienone is 1. The minimum atomic E-state index is -4.89. The number of aromatic nitrogens is 2. The summed E-state index contributed by atoms with van der Waals surface area (Å²) >= 11 is 0. The maximum atomic E-state index is 14.8. The van der Waals surface area contributed by atoms with Crippen molar-refractivity contribution in [1.82, 2.24) is 15.3 Å². The molecular formula is C31H34F3N5O5S. The van der Waals surface area contributed by atoms with E-state index in [9.17, 15) is 31.5 Å². The van der Waals surface area contributed by atoms with Gasteiger partial charge in [-0.1, -0.05) is 36.4 Å². The minimum Gasteiger partial charge on any atom is -0.480 e. The number of carboxylic acid groups (broad SMARTS) is 1. The average Bonchev–Trinajstić information content (AvgIpc) is 3.39. The molecule has 2 atom stereocenters. The van der Waals surface area contributed by atoms with Crippen LogP contribution < -0.4 is 20.7 Å². The summed E-state index contributed by atoms with van der Waals surface area (Å²) in [4.78, 5) is 21.5. The van der Waals surface area contributed by atoms with E-state index < -0.39 is 34.1 Å². The maximum Gasteiger partial charge on any atom is 0.429 e. The highest BCUT2D eigenvalue weighted by Crippen LogP contribution is 2.43. The molecule has 1 spiro atoms. The molecule has 0 radical (unpaired) electrons. The van der Waals surface area contributed by atoms with Crippen molar-refractivity contribution in [3.05, 3.63) is 65.7 Å². The number of nitrogen functional groups attached to an aromatic ring is 1. The third-order valence-electron chi connectivity index (χ3n) is 8.34. The van der Waals surface area contributed by atoms with E-state index in [4.69, 9.17) is 10.5 Å². The zero-order chi connectivity index (χ0) is 32.6. The predicted molar refractivity (Wildman–Crippen MR) is 163 cm³/mol. The Balaban J connectivity index is 1.47. The summed E-state index contributed by atoms with van der Waals surface area (Å²) in [6.45, 7) is 3.35. The van der Waals surface area contributed by atoms with Crippen molar-refractivity contribution < 1.29 is 36.2 Å². The van der Waals surface area contributed by atoms with E-state index in [0.29, 0.717) is 50.3 Å². The molecule has 1 aromatic heterocycles. The molecule has 2 aliphatic heterocycles. The molecule has 2 aromatic carbocycles. The highest BCUT2D eigenvalue weighted by atomic mass is 32.2. The number of benzene rings is 2. The summed E-state index contributed by atoms with van der Waals surface area (Å²) in [5.74, 6) is -1.22. The van der Waals surface area contributed by atoms with Gasteiger partial charge in [0.05, 0.1) is 4.90 Å². The summed E-state index contributed by atoms with van der Waals surface area (Å²) < 4.78 is 74.3. The van der Waals surface area contributed by atoms with Crippen molar-refractivity contribution in [1.29, 1.82) is 0 Å². The predicted octanol–water partition coefficient (Wildman–Crippen LogP) is 4.88. The monoisotopic (exact) mass is 645 g/mol. The van der Waals surface area contributed by atoms with Crippen molar-refractivity contribution in [2.75, 3.05) is 36.5 Å². The first-order valence-corrected chi connectivity index (χ1v) is 16.2. The number of ether oxygens (including phenoxy) is 1. The van der Waals surface area contributed by atoms with E-state index in [1.807, 2.05) is 4.90 Å². The third kappa shape index (κ3) is 7.22. The number of nitrogens with one attached hydrogen (secondary N) is 1. The van der Waals surface area contributed by atoms with E-state index in [2.05, 4.69) is 15.3 Å². The number of hydrogen-bond acceptors (Lipinski definition) is 9. The van der Waals surface area contributed by atoms with Gasteiger partial charge in [-0.05, 0) is 66.5 Å². The van der Waals surface area contributed by atoms with Crippen molar-refractivity contribution in [3.63, 3.8) is 0 Å². The van der Waals surface area contributed by atoms with Crippen LogP contribution >= 0.6 is 0 Å². The highest BCUT2D eigenvalue weighted by Gasteiger charge is 2.46. The molecule has 0 aliphatic carbocycles. The number of nitrogens with zero attached hydrogens (tertiary/aromatic N) is 3. The van der Waals surface area contributed by atoms with Crippen LogP contribution in [-0.2, 0) is 14.6 Å². The molecular weight excluding hydrogens is 611 g/mol. The van der Waals surface area contributed by atoms with Gasteiger partial charge in [-0.25, -0.2) is 8.42 Å². The molecule has 0 amide bonds. The Hall–Kier alpha value is -4.17. The molecule has 0 bridgehead atoms. The zero-order valence-corrected chi connectivity index (χ0v) is 25.5. The summed E-state index contributed by atoms with van der Waals surface area (Å²) in [6.07, 6.45) is -1.02. The molecule has 5 rings (SSSR count). The number of carbonyl (C=O) groups is 1. The van der Waals surface area contributed by atoms with Crippen LogP contribution in [0.15, 0.2) is 59.5 Å². The first kappa shape index (κ1) is 32.2. The van der Waals surface area contributed by atoms with E-state index in [1.165, 1.54) is 36.4 Å². The van der Waals surface area contributed by atoms with Crippen molar-refractivity contribution in [3.8, 4) is 17.0 Å². The molecule has 240 valence electrons. The fraction of sp³-hybridized carbons (Fsp3) is 0.387. The highest BCUT2D eigenvalue weighted by molar-refractivity contribution is 7.90. The quantitative estimate of drug-likeness (QED) is 0.310. The third-order valence-corrected chi connectivity index (χ3v) is 9.45. The van der Waals surface area contributed by atoms with Gasteiger partial charge < -0.3 is 25.8 Å². The lowest BCUT2D eigenvalue weighted by molar-refractivity contribution is -0.198. The zero-order valence-electron chi connectivity index (χ0n) is 24.7. The maximum absolute atomic E-state index is 14.8. The number of rotatable bonds is 8. The molecule has 3 heterocycles. The molecule has 2 unspecified atom stereocenters.